The second kappa shape index (κ2) is 12.2. The molecule has 0 aliphatic carbocycles. The van der Waals surface area contributed by atoms with E-state index in [1.54, 1.807) is 54.6 Å². The number of rotatable bonds is 10. The Hall–Kier alpha value is -4.77. The van der Waals surface area contributed by atoms with E-state index in [-0.39, 0.29) is 23.0 Å². The molecule has 3 aromatic rings. The molecule has 0 spiro atoms. The summed E-state index contributed by atoms with van der Waals surface area (Å²) in [5, 5.41) is 13.4. The molecule has 1 fully saturated rings. The maximum Gasteiger partial charge on any atom is 0.270 e. The summed E-state index contributed by atoms with van der Waals surface area (Å²) < 4.78 is 17.1. The molecule has 0 saturated carbocycles. The predicted molar refractivity (Wildman–Crippen MR) is 149 cm³/mol. The van der Waals surface area contributed by atoms with E-state index in [4.69, 9.17) is 26.4 Å². The standard InChI is InChI=1S/C28H25N3O7S/c1-3-36-22-7-5-6-21(16-22)30-27(33)23(26(32)29-28(30)39)14-19-10-13-24(25(15-19)37-4-2)38-17-18-8-11-20(12-9-18)31(34)35/h5-16H,3-4,17H2,1-2H3,(H,29,32,39)/b23-14+. The molecule has 0 unspecified atom stereocenters. The lowest BCUT2D eigenvalue weighted by Crippen LogP contribution is -2.54. The van der Waals surface area contributed by atoms with Gasteiger partial charge < -0.3 is 14.2 Å². The Morgan fingerprint density at radius 2 is 1.69 bits per heavy atom. The van der Waals surface area contributed by atoms with Crippen LogP contribution in [0.25, 0.3) is 6.08 Å². The highest BCUT2D eigenvalue weighted by atomic mass is 32.1. The van der Waals surface area contributed by atoms with Gasteiger partial charge in [0.1, 0.15) is 17.9 Å². The zero-order valence-corrected chi connectivity index (χ0v) is 22.0. The lowest BCUT2D eigenvalue weighted by Gasteiger charge is -2.29. The molecule has 11 heteroatoms. The van der Waals surface area contributed by atoms with Crippen LogP contribution in [-0.2, 0) is 16.2 Å². The normalized spacial score (nSPS) is 14.3. The highest BCUT2D eigenvalue weighted by molar-refractivity contribution is 7.80. The van der Waals surface area contributed by atoms with Gasteiger partial charge in [0, 0.05) is 18.2 Å². The van der Waals surface area contributed by atoms with E-state index in [9.17, 15) is 19.7 Å². The third-order valence-electron chi connectivity index (χ3n) is 5.61. The molecule has 0 bridgehead atoms. The third-order valence-corrected chi connectivity index (χ3v) is 5.89. The molecule has 1 heterocycles. The van der Waals surface area contributed by atoms with Crippen LogP contribution in [0.2, 0.25) is 0 Å². The van der Waals surface area contributed by atoms with E-state index in [0.29, 0.717) is 41.7 Å². The summed E-state index contributed by atoms with van der Waals surface area (Å²) in [5.74, 6) is 0.229. The molecule has 0 aromatic heterocycles. The summed E-state index contributed by atoms with van der Waals surface area (Å²) in [4.78, 5) is 37.8. The molecular weight excluding hydrogens is 522 g/mol. The van der Waals surface area contributed by atoms with Gasteiger partial charge in [-0.15, -0.1) is 0 Å². The Morgan fingerprint density at radius 3 is 2.38 bits per heavy atom. The number of thiocarbonyl (C=S) groups is 1. The first-order valence-corrected chi connectivity index (χ1v) is 12.5. The van der Waals surface area contributed by atoms with Crippen molar-refractivity contribution in [2.24, 2.45) is 0 Å². The molecule has 10 nitrogen and oxygen atoms in total. The fraction of sp³-hybridized carbons (Fsp3) is 0.179. The van der Waals surface area contributed by atoms with E-state index >= 15 is 0 Å². The Balaban J connectivity index is 1.58. The van der Waals surface area contributed by atoms with Gasteiger partial charge in [-0.25, -0.2) is 0 Å². The number of hydrogen-bond acceptors (Lipinski definition) is 8. The summed E-state index contributed by atoms with van der Waals surface area (Å²) in [7, 11) is 0. The van der Waals surface area contributed by atoms with E-state index < -0.39 is 16.7 Å². The average Bonchev–Trinajstić information content (AvgIpc) is 2.91. The molecule has 1 aliphatic heterocycles. The Bertz CT molecular complexity index is 1450. The fourth-order valence-corrected chi connectivity index (χ4v) is 4.10. The predicted octanol–water partition coefficient (Wildman–Crippen LogP) is 4.80. The minimum atomic E-state index is -0.612. The molecule has 39 heavy (non-hydrogen) atoms. The van der Waals surface area contributed by atoms with Gasteiger partial charge in [-0.05, 0) is 79.7 Å². The minimum absolute atomic E-state index is 0.00577. The van der Waals surface area contributed by atoms with Crippen LogP contribution in [0.4, 0.5) is 11.4 Å². The van der Waals surface area contributed by atoms with E-state index in [0.717, 1.165) is 5.56 Å². The number of nitro benzene ring substituents is 1. The van der Waals surface area contributed by atoms with Crippen molar-refractivity contribution < 1.29 is 28.7 Å². The number of hydrogen-bond donors (Lipinski definition) is 1. The zero-order valence-electron chi connectivity index (χ0n) is 21.2. The van der Waals surface area contributed by atoms with Crippen molar-refractivity contribution in [1.29, 1.82) is 0 Å². The van der Waals surface area contributed by atoms with E-state index in [1.807, 2.05) is 13.8 Å². The average molecular weight is 548 g/mol. The van der Waals surface area contributed by atoms with Gasteiger partial charge in [-0.2, -0.15) is 0 Å². The molecule has 3 aromatic carbocycles. The highest BCUT2D eigenvalue weighted by Gasteiger charge is 2.34. The first-order chi connectivity index (χ1) is 18.8. The number of amides is 2. The summed E-state index contributed by atoms with van der Waals surface area (Å²) in [6.45, 7) is 4.64. The quantitative estimate of drug-likeness (QED) is 0.126. The number of carbonyl (C=O) groups is 2. The van der Waals surface area contributed by atoms with Crippen molar-refractivity contribution in [2.75, 3.05) is 18.1 Å². The van der Waals surface area contributed by atoms with Gasteiger partial charge in [-0.3, -0.25) is 29.9 Å². The number of nitrogens with one attached hydrogen (secondary N) is 1. The van der Waals surface area contributed by atoms with Gasteiger partial charge in [0.25, 0.3) is 17.5 Å². The van der Waals surface area contributed by atoms with Crippen LogP contribution >= 0.6 is 12.2 Å². The van der Waals surface area contributed by atoms with Gasteiger partial charge >= 0.3 is 0 Å². The number of ether oxygens (including phenoxy) is 3. The second-order valence-electron chi connectivity index (χ2n) is 8.24. The summed E-state index contributed by atoms with van der Waals surface area (Å²) in [5.41, 5.74) is 1.63. The summed E-state index contributed by atoms with van der Waals surface area (Å²) >= 11 is 5.29. The lowest BCUT2D eigenvalue weighted by molar-refractivity contribution is -0.384. The zero-order chi connectivity index (χ0) is 27.9. The van der Waals surface area contributed by atoms with Crippen LogP contribution in [0.15, 0.2) is 72.3 Å². The largest absolute Gasteiger partial charge is 0.494 e. The van der Waals surface area contributed by atoms with Crippen LogP contribution in [0, 0.1) is 10.1 Å². The molecule has 2 amide bonds. The van der Waals surface area contributed by atoms with E-state index in [2.05, 4.69) is 5.32 Å². The number of non-ortho nitro benzene ring substituents is 1. The first kappa shape index (κ1) is 27.3. The smallest absolute Gasteiger partial charge is 0.270 e. The molecule has 1 saturated heterocycles. The van der Waals surface area contributed by atoms with Crippen LogP contribution in [0.1, 0.15) is 25.0 Å². The number of anilines is 1. The molecule has 200 valence electrons. The molecule has 0 atom stereocenters. The minimum Gasteiger partial charge on any atom is -0.494 e. The Kier molecular flexibility index (Phi) is 8.52. The summed E-state index contributed by atoms with van der Waals surface area (Å²) in [6.07, 6.45) is 1.46. The van der Waals surface area contributed by atoms with Crippen molar-refractivity contribution in [3.63, 3.8) is 0 Å². The maximum absolute atomic E-state index is 13.4. The van der Waals surface area contributed by atoms with Gasteiger partial charge in [-0.1, -0.05) is 12.1 Å². The van der Waals surface area contributed by atoms with Crippen molar-refractivity contribution in [3.05, 3.63) is 93.5 Å². The lowest BCUT2D eigenvalue weighted by atomic mass is 10.1. The monoisotopic (exact) mass is 547 g/mol. The molecule has 1 aliphatic rings. The Morgan fingerprint density at radius 1 is 0.949 bits per heavy atom. The highest BCUT2D eigenvalue weighted by Crippen LogP contribution is 2.31. The maximum atomic E-state index is 13.4. The van der Waals surface area contributed by atoms with Crippen molar-refractivity contribution >= 4 is 46.6 Å². The van der Waals surface area contributed by atoms with Crippen LogP contribution in [-0.4, -0.2) is 35.1 Å². The van der Waals surface area contributed by atoms with Gasteiger partial charge in [0.05, 0.1) is 23.8 Å². The molecule has 0 radical (unpaired) electrons. The van der Waals surface area contributed by atoms with Crippen LogP contribution in [0.5, 0.6) is 17.2 Å². The second-order valence-corrected chi connectivity index (χ2v) is 8.63. The molecular formula is C28H25N3O7S. The summed E-state index contributed by atoms with van der Waals surface area (Å²) in [6, 6.07) is 17.9. The van der Waals surface area contributed by atoms with Crippen molar-refractivity contribution in [1.82, 2.24) is 5.32 Å². The van der Waals surface area contributed by atoms with Gasteiger partial charge in [0.2, 0.25) is 0 Å². The van der Waals surface area contributed by atoms with Gasteiger partial charge in [0.15, 0.2) is 16.6 Å². The topological polar surface area (TPSA) is 120 Å². The van der Waals surface area contributed by atoms with E-state index in [1.165, 1.54) is 23.1 Å². The molecule has 4 rings (SSSR count). The van der Waals surface area contributed by atoms with Crippen LogP contribution < -0.4 is 24.4 Å². The first-order valence-electron chi connectivity index (χ1n) is 12.1. The number of nitro groups is 1. The Labute approximate surface area is 229 Å². The molecule has 1 N–H and O–H groups in total. The number of nitrogens with zero attached hydrogens (tertiary/aromatic N) is 2. The number of carbonyl (C=O) groups excluding carboxylic acids is 2. The van der Waals surface area contributed by atoms with Crippen molar-refractivity contribution in [3.8, 4) is 17.2 Å². The van der Waals surface area contributed by atoms with Crippen molar-refractivity contribution in [2.45, 2.75) is 20.5 Å². The SMILES string of the molecule is CCOc1cccc(N2C(=O)/C(=C/c3ccc(OCc4ccc([N+](=O)[O-])cc4)c(OCC)c3)C(=O)NC2=S)c1. The van der Waals surface area contributed by atoms with Crippen LogP contribution in [0.3, 0.4) is 0 Å². The third kappa shape index (κ3) is 6.39. The fourth-order valence-electron chi connectivity index (χ4n) is 3.81. The number of benzene rings is 3.